The van der Waals surface area contributed by atoms with Crippen molar-refractivity contribution in [3.05, 3.63) is 64.6 Å². The monoisotopic (exact) mass is 390 g/mol. The summed E-state index contributed by atoms with van der Waals surface area (Å²) in [5.41, 5.74) is 8.29. The predicted octanol–water partition coefficient (Wildman–Crippen LogP) is 1.49. The normalized spacial score (nSPS) is 20.4. The summed E-state index contributed by atoms with van der Waals surface area (Å²) in [5.74, 6) is 0.939. The van der Waals surface area contributed by atoms with Crippen molar-refractivity contribution in [3.63, 3.8) is 0 Å². The first kappa shape index (κ1) is 17.7. The average molecular weight is 390 g/mol. The Morgan fingerprint density at radius 3 is 2.76 bits per heavy atom. The van der Waals surface area contributed by atoms with Crippen molar-refractivity contribution in [3.8, 4) is 11.4 Å². The van der Waals surface area contributed by atoms with Crippen LogP contribution in [-0.2, 0) is 13.6 Å². The first-order chi connectivity index (χ1) is 14.0. The number of anilines is 1. The maximum atomic E-state index is 13.2. The molecule has 2 bridgehead atoms. The summed E-state index contributed by atoms with van der Waals surface area (Å²) in [4.78, 5) is 36.5. The lowest BCUT2D eigenvalue weighted by atomic mass is 9.82. The Labute approximate surface area is 167 Å². The van der Waals surface area contributed by atoms with Crippen molar-refractivity contribution in [2.45, 2.75) is 18.9 Å². The van der Waals surface area contributed by atoms with Crippen LogP contribution in [0.25, 0.3) is 11.4 Å². The molecule has 0 saturated carbocycles. The van der Waals surface area contributed by atoms with Gasteiger partial charge in [0.2, 0.25) is 0 Å². The molecule has 0 spiro atoms. The fraction of sp³-hybridized carbons (Fsp3) is 0.333. The van der Waals surface area contributed by atoms with Gasteiger partial charge in [0.05, 0.1) is 5.56 Å². The number of piperidine rings is 1. The lowest BCUT2D eigenvalue weighted by Crippen LogP contribution is -2.49. The lowest BCUT2D eigenvalue weighted by molar-refractivity contribution is 0.0589. The van der Waals surface area contributed by atoms with Gasteiger partial charge < -0.3 is 19.8 Å². The number of nitrogens with zero attached hydrogens (tertiary/aromatic N) is 5. The van der Waals surface area contributed by atoms with E-state index in [1.807, 2.05) is 39.4 Å². The van der Waals surface area contributed by atoms with Gasteiger partial charge in [0, 0.05) is 62.6 Å². The number of aromatic nitrogens is 4. The van der Waals surface area contributed by atoms with Crippen LogP contribution >= 0.6 is 0 Å². The summed E-state index contributed by atoms with van der Waals surface area (Å²) in [7, 11) is 1.88. The molecule has 3 aromatic heterocycles. The first-order valence-electron chi connectivity index (χ1n) is 9.73. The molecule has 0 aromatic carbocycles. The number of aryl methyl sites for hydroxylation is 1. The molecule has 1 saturated heterocycles. The average Bonchev–Trinajstić information content (AvgIpc) is 3.14. The highest BCUT2D eigenvalue weighted by atomic mass is 16.2. The topological polar surface area (TPSA) is 99.0 Å². The smallest absolute Gasteiger partial charge is 0.272 e. The summed E-state index contributed by atoms with van der Waals surface area (Å²) in [5, 5.41) is 0. The number of carbonyl (C=O) groups excluding carboxylic acids is 1. The molecular weight excluding hydrogens is 368 g/mol. The van der Waals surface area contributed by atoms with Crippen molar-refractivity contribution in [2.75, 3.05) is 18.8 Å². The second-order valence-electron chi connectivity index (χ2n) is 7.93. The molecule has 2 N–H and O–H groups in total. The van der Waals surface area contributed by atoms with Gasteiger partial charge in [-0.3, -0.25) is 14.6 Å². The fourth-order valence-electron chi connectivity index (χ4n) is 4.63. The largest absolute Gasteiger partial charge is 0.399 e. The Morgan fingerprint density at radius 1 is 1.14 bits per heavy atom. The Balaban J connectivity index is 1.47. The minimum Gasteiger partial charge on any atom is -0.399 e. The van der Waals surface area contributed by atoms with Gasteiger partial charge in [0.15, 0.2) is 0 Å². The number of amides is 1. The minimum absolute atomic E-state index is 0.0104. The Kier molecular flexibility index (Phi) is 4.01. The Morgan fingerprint density at radius 2 is 2.00 bits per heavy atom. The maximum Gasteiger partial charge on any atom is 0.272 e. The SMILES string of the molecule is Cn1ccnc1-c1ccc2n(c1=O)C[C@H]1C[C@@H]2CN(C(=O)c2cc(N)ccn2)C1. The zero-order valence-corrected chi connectivity index (χ0v) is 16.2. The van der Waals surface area contributed by atoms with Crippen LogP contribution in [0.2, 0.25) is 0 Å². The van der Waals surface area contributed by atoms with Gasteiger partial charge in [-0.1, -0.05) is 0 Å². The fourth-order valence-corrected chi connectivity index (χ4v) is 4.63. The van der Waals surface area contributed by atoms with Crippen LogP contribution in [-0.4, -0.2) is 43.0 Å². The van der Waals surface area contributed by atoms with Gasteiger partial charge in [-0.2, -0.15) is 0 Å². The van der Waals surface area contributed by atoms with Crippen LogP contribution < -0.4 is 11.3 Å². The van der Waals surface area contributed by atoms with E-state index >= 15 is 0 Å². The van der Waals surface area contributed by atoms with Gasteiger partial charge in [-0.05, 0) is 36.6 Å². The molecule has 0 radical (unpaired) electrons. The Bertz CT molecular complexity index is 1160. The van der Waals surface area contributed by atoms with Crippen LogP contribution in [0.5, 0.6) is 0 Å². The third-order valence-corrected chi connectivity index (χ3v) is 5.96. The number of imidazole rings is 1. The van der Waals surface area contributed by atoms with Crippen molar-refractivity contribution in [1.82, 2.24) is 24.0 Å². The van der Waals surface area contributed by atoms with Crippen molar-refractivity contribution >= 4 is 11.6 Å². The third-order valence-electron chi connectivity index (χ3n) is 5.96. The van der Waals surface area contributed by atoms with Gasteiger partial charge >= 0.3 is 0 Å². The molecule has 5 rings (SSSR count). The molecule has 1 amide bonds. The van der Waals surface area contributed by atoms with E-state index in [2.05, 4.69) is 9.97 Å². The van der Waals surface area contributed by atoms with Crippen molar-refractivity contribution in [1.29, 1.82) is 0 Å². The molecule has 5 heterocycles. The van der Waals surface area contributed by atoms with E-state index in [9.17, 15) is 9.59 Å². The number of likely N-dealkylation sites (tertiary alicyclic amines) is 1. The van der Waals surface area contributed by atoms with E-state index in [1.54, 1.807) is 24.5 Å². The molecule has 29 heavy (non-hydrogen) atoms. The van der Waals surface area contributed by atoms with E-state index < -0.39 is 0 Å². The quantitative estimate of drug-likeness (QED) is 0.715. The van der Waals surface area contributed by atoms with E-state index in [-0.39, 0.29) is 23.3 Å². The molecule has 8 heteroatoms. The van der Waals surface area contributed by atoms with E-state index in [0.717, 1.165) is 12.1 Å². The van der Waals surface area contributed by atoms with E-state index in [1.165, 1.54) is 0 Å². The highest BCUT2D eigenvalue weighted by Gasteiger charge is 2.37. The van der Waals surface area contributed by atoms with Crippen LogP contribution in [0.15, 0.2) is 47.7 Å². The second kappa shape index (κ2) is 6.58. The van der Waals surface area contributed by atoms with Crippen molar-refractivity contribution < 1.29 is 4.79 Å². The predicted molar refractivity (Wildman–Crippen MR) is 108 cm³/mol. The molecule has 3 aromatic rings. The summed E-state index contributed by atoms with van der Waals surface area (Å²) in [6.45, 7) is 1.80. The molecule has 1 fully saturated rings. The molecular formula is C21H22N6O2. The number of nitrogen functional groups attached to an aromatic ring is 1. The van der Waals surface area contributed by atoms with E-state index in [0.29, 0.717) is 42.4 Å². The van der Waals surface area contributed by atoms with Crippen LogP contribution in [0, 0.1) is 5.92 Å². The molecule has 148 valence electrons. The minimum atomic E-state index is -0.104. The number of hydrogen-bond donors (Lipinski definition) is 1. The highest BCUT2D eigenvalue weighted by Crippen LogP contribution is 2.36. The zero-order valence-electron chi connectivity index (χ0n) is 16.2. The third kappa shape index (κ3) is 2.91. The Hall–Kier alpha value is -3.42. The van der Waals surface area contributed by atoms with Gasteiger partial charge in [-0.15, -0.1) is 0 Å². The van der Waals surface area contributed by atoms with Crippen molar-refractivity contribution in [2.24, 2.45) is 13.0 Å². The van der Waals surface area contributed by atoms with Gasteiger partial charge in [0.1, 0.15) is 11.5 Å². The van der Waals surface area contributed by atoms with Crippen LogP contribution in [0.3, 0.4) is 0 Å². The number of pyridine rings is 2. The highest BCUT2D eigenvalue weighted by molar-refractivity contribution is 5.93. The molecule has 8 nitrogen and oxygen atoms in total. The van der Waals surface area contributed by atoms with Crippen LogP contribution in [0.1, 0.15) is 28.5 Å². The number of hydrogen-bond acceptors (Lipinski definition) is 5. The summed E-state index contributed by atoms with van der Waals surface area (Å²) in [6.07, 6.45) is 6.07. The van der Waals surface area contributed by atoms with Gasteiger partial charge in [-0.25, -0.2) is 4.98 Å². The molecule has 2 aliphatic rings. The molecule has 0 aliphatic carbocycles. The first-order valence-corrected chi connectivity index (χ1v) is 9.73. The lowest BCUT2D eigenvalue weighted by Gasteiger charge is -2.42. The summed E-state index contributed by atoms with van der Waals surface area (Å²) in [6, 6.07) is 7.16. The molecule has 0 unspecified atom stereocenters. The van der Waals surface area contributed by atoms with Crippen LogP contribution in [0.4, 0.5) is 5.69 Å². The summed E-state index contributed by atoms with van der Waals surface area (Å²) < 4.78 is 3.73. The number of carbonyl (C=O) groups is 1. The van der Waals surface area contributed by atoms with Gasteiger partial charge in [0.25, 0.3) is 11.5 Å². The van der Waals surface area contributed by atoms with E-state index in [4.69, 9.17) is 5.73 Å². The number of fused-ring (bicyclic) bond motifs is 4. The molecule has 2 aliphatic heterocycles. The number of rotatable bonds is 2. The maximum absolute atomic E-state index is 13.2. The zero-order chi connectivity index (χ0) is 20.1. The second-order valence-corrected chi connectivity index (χ2v) is 7.93. The molecule has 2 atom stereocenters. The standard InChI is InChI=1S/C21H22N6O2/c1-25-7-6-24-19(25)16-2-3-18-14-8-13(11-27(18)20(16)28)10-26(12-14)21(29)17-9-15(22)4-5-23-17/h2-7,9,13-14H,8,10-12H2,1H3,(H2,22,23)/t13-,14+/m0/s1. The summed E-state index contributed by atoms with van der Waals surface area (Å²) >= 11 is 0. The number of nitrogens with two attached hydrogens (primary N) is 1.